The van der Waals surface area contributed by atoms with Crippen molar-refractivity contribution in [1.29, 1.82) is 0 Å². The molecule has 1 aromatic rings. The summed E-state index contributed by atoms with van der Waals surface area (Å²) in [7, 11) is 0. The summed E-state index contributed by atoms with van der Waals surface area (Å²) in [5.74, 6) is 1.51. The molecule has 1 nitrogen and oxygen atoms in total. The van der Waals surface area contributed by atoms with Gasteiger partial charge in [-0.15, -0.1) is 0 Å². The van der Waals surface area contributed by atoms with Crippen molar-refractivity contribution in [2.24, 2.45) is 5.92 Å². The summed E-state index contributed by atoms with van der Waals surface area (Å²) in [5, 5.41) is 0. The van der Waals surface area contributed by atoms with Crippen LogP contribution in [0.4, 0.5) is 0 Å². The first-order valence-corrected chi connectivity index (χ1v) is 5.56. The lowest BCUT2D eigenvalue weighted by Gasteiger charge is -2.44. The number of ether oxygens (including phenoxy) is 1. The fourth-order valence-corrected chi connectivity index (χ4v) is 2.56. The normalized spacial score (nSPS) is 36.5. The van der Waals surface area contributed by atoms with Crippen LogP contribution < -0.4 is 0 Å². The predicted molar refractivity (Wildman–Crippen MR) is 56.2 cm³/mol. The molecule has 1 heterocycles. The monoisotopic (exact) mass is 188 g/mol. The number of benzene rings is 1. The van der Waals surface area contributed by atoms with Gasteiger partial charge < -0.3 is 4.74 Å². The quantitative estimate of drug-likeness (QED) is 0.693. The molecule has 14 heavy (non-hydrogen) atoms. The van der Waals surface area contributed by atoms with Crippen molar-refractivity contribution in [1.82, 2.24) is 0 Å². The minimum absolute atomic E-state index is 0.419. The van der Waals surface area contributed by atoms with Crippen LogP contribution in [0, 0.1) is 5.92 Å². The second kappa shape index (κ2) is 3.09. The third-order valence-corrected chi connectivity index (χ3v) is 3.50. The summed E-state index contributed by atoms with van der Waals surface area (Å²) >= 11 is 0. The molecule has 2 aliphatic rings. The maximum atomic E-state index is 5.83. The lowest BCUT2D eigenvalue weighted by Crippen LogP contribution is -2.46. The molecule has 0 unspecified atom stereocenters. The second-order valence-electron chi connectivity index (χ2n) is 4.58. The molecule has 1 saturated heterocycles. The van der Waals surface area contributed by atoms with E-state index in [4.69, 9.17) is 4.74 Å². The van der Waals surface area contributed by atoms with E-state index in [2.05, 4.69) is 37.3 Å². The molecule has 1 heteroatoms. The predicted octanol–water partition coefficient (Wildman–Crippen LogP) is 2.97. The van der Waals surface area contributed by atoms with Crippen LogP contribution in [0.5, 0.6) is 0 Å². The highest BCUT2D eigenvalue weighted by atomic mass is 16.5. The Balaban J connectivity index is 1.82. The van der Waals surface area contributed by atoms with Gasteiger partial charge in [0.15, 0.2) is 0 Å². The van der Waals surface area contributed by atoms with Crippen molar-refractivity contribution >= 4 is 0 Å². The average molecular weight is 188 g/mol. The van der Waals surface area contributed by atoms with Crippen molar-refractivity contribution < 1.29 is 4.74 Å². The van der Waals surface area contributed by atoms with Crippen LogP contribution in [0.1, 0.15) is 31.2 Å². The van der Waals surface area contributed by atoms with E-state index in [1.54, 1.807) is 0 Å². The van der Waals surface area contributed by atoms with Crippen molar-refractivity contribution in [3.05, 3.63) is 35.9 Å². The lowest BCUT2D eigenvalue weighted by molar-refractivity contribution is -0.148. The first-order chi connectivity index (χ1) is 6.86. The van der Waals surface area contributed by atoms with Crippen molar-refractivity contribution in [3.63, 3.8) is 0 Å². The summed E-state index contributed by atoms with van der Waals surface area (Å²) < 4.78 is 5.83. The van der Waals surface area contributed by atoms with Gasteiger partial charge in [-0.1, -0.05) is 30.3 Å². The first kappa shape index (κ1) is 8.49. The lowest BCUT2D eigenvalue weighted by atomic mass is 9.81. The Hall–Kier alpha value is -0.820. The van der Waals surface area contributed by atoms with Crippen molar-refractivity contribution in [3.8, 4) is 0 Å². The molecule has 1 saturated carbocycles. The van der Waals surface area contributed by atoms with Crippen LogP contribution in [0.15, 0.2) is 30.3 Å². The minimum Gasteiger partial charge on any atom is -0.374 e. The van der Waals surface area contributed by atoms with E-state index in [0.29, 0.717) is 18.1 Å². The van der Waals surface area contributed by atoms with Gasteiger partial charge >= 0.3 is 0 Å². The standard InChI is InChI=1S/C13H16O/c1-9-12(10-5-3-2-4-6-10)13(14-9)11-7-8-11/h2-6,9,11-13H,7-8H2,1H3/t9-,12+,13+/m1/s1. The van der Waals surface area contributed by atoms with Crippen molar-refractivity contribution in [2.75, 3.05) is 0 Å². The highest BCUT2D eigenvalue weighted by Gasteiger charge is 2.48. The van der Waals surface area contributed by atoms with E-state index < -0.39 is 0 Å². The molecule has 0 spiro atoms. The van der Waals surface area contributed by atoms with Gasteiger partial charge in [-0.2, -0.15) is 0 Å². The van der Waals surface area contributed by atoms with Crippen LogP contribution in [-0.4, -0.2) is 12.2 Å². The summed E-state index contributed by atoms with van der Waals surface area (Å²) in [6.45, 7) is 2.19. The Bertz CT molecular complexity index is 315. The third kappa shape index (κ3) is 1.27. The molecule has 0 bridgehead atoms. The molecule has 3 atom stereocenters. The SMILES string of the molecule is C[C@H]1O[C@@H](C2CC2)[C@@H]1c1ccccc1. The van der Waals surface area contributed by atoms with Gasteiger partial charge in [0.2, 0.25) is 0 Å². The molecule has 2 fully saturated rings. The van der Waals surface area contributed by atoms with Crippen LogP contribution >= 0.6 is 0 Å². The first-order valence-electron chi connectivity index (χ1n) is 5.56. The van der Waals surface area contributed by atoms with Gasteiger partial charge in [-0.05, 0) is 31.2 Å². The fourth-order valence-electron chi connectivity index (χ4n) is 2.56. The molecular formula is C13H16O. The van der Waals surface area contributed by atoms with E-state index in [0.717, 1.165) is 5.92 Å². The van der Waals surface area contributed by atoms with Crippen LogP contribution in [0.3, 0.4) is 0 Å². The highest BCUT2D eigenvalue weighted by molar-refractivity contribution is 5.25. The molecular weight excluding hydrogens is 172 g/mol. The molecule has 0 amide bonds. The van der Waals surface area contributed by atoms with Gasteiger partial charge in [0.1, 0.15) is 0 Å². The Kier molecular flexibility index (Phi) is 1.88. The zero-order valence-electron chi connectivity index (χ0n) is 8.52. The second-order valence-corrected chi connectivity index (χ2v) is 4.58. The van der Waals surface area contributed by atoms with E-state index >= 15 is 0 Å². The average Bonchev–Trinajstić information content (AvgIpc) is 2.99. The molecule has 0 N–H and O–H groups in total. The molecule has 3 rings (SSSR count). The van der Waals surface area contributed by atoms with Crippen LogP contribution in [0.2, 0.25) is 0 Å². The molecule has 0 radical (unpaired) electrons. The van der Waals surface area contributed by atoms with Crippen LogP contribution in [0.25, 0.3) is 0 Å². The molecule has 74 valence electrons. The van der Waals surface area contributed by atoms with Gasteiger partial charge in [0.25, 0.3) is 0 Å². The Morgan fingerprint density at radius 2 is 1.86 bits per heavy atom. The number of hydrogen-bond donors (Lipinski definition) is 0. The molecule has 0 aromatic heterocycles. The summed E-state index contributed by atoms with van der Waals surface area (Å²) in [5.41, 5.74) is 1.46. The minimum atomic E-state index is 0.419. The number of rotatable bonds is 2. The summed E-state index contributed by atoms with van der Waals surface area (Å²) in [6.07, 6.45) is 3.69. The van der Waals surface area contributed by atoms with E-state index in [1.807, 2.05) is 0 Å². The fraction of sp³-hybridized carbons (Fsp3) is 0.538. The van der Waals surface area contributed by atoms with Gasteiger partial charge in [-0.25, -0.2) is 0 Å². The Labute approximate surface area is 85.1 Å². The third-order valence-electron chi connectivity index (χ3n) is 3.50. The summed E-state index contributed by atoms with van der Waals surface area (Å²) in [4.78, 5) is 0. The van der Waals surface area contributed by atoms with Gasteiger partial charge in [0.05, 0.1) is 12.2 Å². The van der Waals surface area contributed by atoms with Gasteiger partial charge in [-0.3, -0.25) is 0 Å². The van der Waals surface area contributed by atoms with Crippen molar-refractivity contribution in [2.45, 2.75) is 37.9 Å². The smallest absolute Gasteiger partial charge is 0.0700 e. The Morgan fingerprint density at radius 1 is 1.14 bits per heavy atom. The Morgan fingerprint density at radius 3 is 2.43 bits per heavy atom. The largest absolute Gasteiger partial charge is 0.374 e. The zero-order chi connectivity index (χ0) is 9.54. The number of hydrogen-bond acceptors (Lipinski definition) is 1. The molecule has 1 aliphatic heterocycles. The van der Waals surface area contributed by atoms with Gasteiger partial charge in [0, 0.05) is 5.92 Å². The summed E-state index contributed by atoms with van der Waals surface area (Å²) in [6, 6.07) is 10.8. The van der Waals surface area contributed by atoms with E-state index in [-0.39, 0.29) is 0 Å². The maximum Gasteiger partial charge on any atom is 0.0700 e. The molecule has 1 aromatic carbocycles. The van der Waals surface area contributed by atoms with Crippen LogP contribution in [-0.2, 0) is 4.74 Å². The topological polar surface area (TPSA) is 9.23 Å². The zero-order valence-corrected chi connectivity index (χ0v) is 8.52. The van der Waals surface area contributed by atoms with E-state index in [9.17, 15) is 0 Å². The highest BCUT2D eigenvalue weighted by Crippen LogP contribution is 2.49. The molecule has 1 aliphatic carbocycles. The van der Waals surface area contributed by atoms with E-state index in [1.165, 1.54) is 18.4 Å². The maximum absolute atomic E-state index is 5.83.